The fourth-order valence-corrected chi connectivity index (χ4v) is 2.20. The number of rotatable bonds is 1. The molecule has 70 valence electrons. The van der Waals surface area contributed by atoms with E-state index in [1.807, 2.05) is 0 Å². The molecular formula is C11H20O. The molecule has 0 spiro atoms. The van der Waals surface area contributed by atoms with Crippen LogP contribution in [0.1, 0.15) is 34.1 Å². The van der Waals surface area contributed by atoms with Gasteiger partial charge in [0.05, 0.1) is 0 Å². The van der Waals surface area contributed by atoms with E-state index in [-0.39, 0.29) is 5.41 Å². The molecule has 1 heteroatoms. The molecule has 0 radical (unpaired) electrons. The average molecular weight is 168 g/mol. The minimum Gasteiger partial charge on any atom is -0.396 e. The number of aliphatic hydroxyl groups is 1. The van der Waals surface area contributed by atoms with Crippen LogP contribution in [-0.2, 0) is 0 Å². The van der Waals surface area contributed by atoms with E-state index in [1.165, 1.54) is 5.57 Å². The van der Waals surface area contributed by atoms with Crippen molar-refractivity contribution in [2.45, 2.75) is 34.1 Å². The molecule has 0 aromatic carbocycles. The molecule has 1 N–H and O–H groups in total. The van der Waals surface area contributed by atoms with Crippen molar-refractivity contribution in [3.63, 3.8) is 0 Å². The summed E-state index contributed by atoms with van der Waals surface area (Å²) in [5.74, 6) is 1.05. The van der Waals surface area contributed by atoms with Crippen LogP contribution in [0.3, 0.4) is 0 Å². The third-order valence-corrected chi connectivity index (χ3v) is 3.62. The second-order valence-electron chi connectivity index (χ2n) is 4.61. The van der Waals surface area contributed by atoms with Gasteiger partial charge in [-0.1, -0.05) is 32.4 Å². The van der Waals surface area contributed by atoms with E-state index in [4.69, 9.17) is 0 Å². The lowest BCUT2D eigenvalue weighted by Crippen LogP contribution is -2.36. The van der Waals surface area contributed by atoms with Gasteiger partial charge in [0.15, 0.2) is 0 Å². The molecule has 0 aromatic heterocycles. The Morgan fingerprint density at radius 1 is 1.58 bits per heavy atom. The summed E-state index contributed by atoms with van der Waals surface area (Å²) in [7, 11) is 0. The van der Waals surface area contributed by atoms with Gasteiger partial charge in [0, 0.05) is 6.61 Å². The van der Waals surface area contributed by atoms with Crippen LogP contribution in [0.4, 0.5) is 0 Å². The van der Waals surface area contributed by atoms with Crippen molar-refractivity contribution < 1.29 is 5.11 Å². The van der Waals surface area contributed by atoms with Gasteiger partial charge < -0.3 is 5.11 Å². The average Bonchev–Trinajstić information content (AvgIpc) is 1.98. The van der Waals surface area contributed by atoms with Crippen LogP contribution in [-0.4, -0.2) is 11.7 Å². The monoisotopic (exact) mass is 168 g/mol. The third-order valence-electron chi connectivity index (χ3n) is 3.62. The smallest absolute Gasteiger partial charge is 0.0470 e. The first-order valence-corrected chi connectivity index (χ1v) is 4.78. The Morgan fingerprint density at radius 2 is 2.17 bits per heavy atom. The van der Waals surface area contributed by atoms with E-state index in [0.29, 0.717) is 18.4 Å². The number of allylic oxidation sites excluding steroid dienone is 2. The first-order chi connectivity index (χ1) is 5.50. The van der Waals surface area contributed by atoms with Gasteiger partial charge in [-0.15, -0.1) is 0 Å². The van der Waals surface area contributed by atoms with Crippen LogP contribution in [0.5, 0.6) is 0 Å². The van der Waals surface area contributed by atoms with Gasteiger partial charge in [-0.2, -0.15) is 0 Å². The Morgan fingerprint density at radius 3 is 2.58 bits per heavy atom. The SMILES string of the molecule is CC1=CC[C@H](C)[C@H](CO)C1(C)C. The van der Waals surface area contributed by atoms with Gasteiger partial charge in [0.25, 0.3) is 0 Å². The molecule has 1 nitrogen and oxygen atoms in total. The lowest BCUT2D eigenvalue weighted by Gasteiger charge is -2.41. The Balaban J connectivity index is 2.91. The van der Waals surface area contributed by atoms with E-state index < -0.39 is 0 Å². The second kappa shape index (κ2) is 3.21. The summed E-state index contributed by atoms with van der Waals surface area (Å²) < 4.78 is 0. The lowest BCUT2D eigenvalue weighted by atomic mass is 9.64. The largest absolute Gasteiger partial charge is 0.396 e. The third kappa shape index (κ3) is 1.42. The van der Waals surface area contributed by atoms with E-state index in [1.54, 1.807) is 0 Å². The normalized spacial score (nSPS) is 34.6. The Bertz CT molecular complexity index is 191. The molecule has 1 rings (SSSR count). The van der Waals surface area contributed by atoms with E-state index in [2.05, 4.69) is 33.8 Å². The van der Waals surface area contributed by atoms with Gasteiger partial charge in [0.1, 0.15) is 0 Å². The molecule has 0 amide bonds. The van der Waals surface area contributed by atoms with Crippen molar-refractivity contribution >= 4 is 0 Å². The van der Waals surface area contributed by atoms with Gasteiger partial charge in [-0.25, -0.2) is 0 Å². The summed E-state index contributed by atoms with van der Waals surface area (Å²) in [6.07, 6.45) is 3.44. The second-order valence-corrected chi connectivity index (χ2v) is 4.61. The summed E-state index contributed by atoms with van der Waals surface area (Å²) in [6, 6.07) is 0. The van der Waals surface area contributed by atoms with Crippen LogP contribution in [0.25, 0.3) is 0 Å². The predicted molar refractivity (Wildman–Crippen MR) is 51.9 cm³/mol. The molecule has 0 aromatic rings. The molecule has 2 atom stereocenters. The highest BCUT2D eigenvalue weighted by Gasteiger charge is 2.36. The fraction of sp³-hybridized carbons (Fsp3) is 0.818. The fourth-order valence-electron chi connectivity index (χ4n) is 2.20. The highest BCUT2D eigenvalue weighted by Crippen LogP contribution is 2.43. The highest BCUT2D eigenvalue weighted by atomic mass is 16.3. The zero-order valence-electron chi connectivity index (χ0n) is 8.59. The van der Waals surface area contributed by atoms with Crippen molar-refractivity contribution in [1.29, 1.82) is 0 Å². The standard InChI is InChI=1S/C11H20O/c1-8-5-6-9(2)11(3,4)10(8)7-12/h6,8,10,12H,5,7H2,1-4H3/t8-,10-/m0/s1. The first-order valence-electron chi connectivity index (χ1n) is 4.78. The van der Waals surface area contributed by atoms with Gasteiger partial charge in [0.2, 0.25) is 0 Å². The summed E-state index contributed by atoms with van der Waals surface area (Å²) in [5, 5.41) is 9.29. The van der Waals surface area contributed by atoms with E-state index in [0.717, 1.165) is 6.42 Å². The number of hydrogen-bond donors (Lipinski definition) is 1. The first kappa shape index (κ1) is 9.79. The van der Waals surface area contributed by atoms with Crippen molar-refractivity contribution in [3.8, 4) is 0 Å². The van der Waals surface area contributed by atoms with Crippen molar-refractivity contribution in [1.82, 2.24) is 0 Å². The Kier molecular flexibility index (Phi) is 2.62. The zero-order chi connectivity index (χ0) is 9.35. The van der Waals surface area contributed by atoms with E-state index in [9.17, 15) is 5.11 Å². The van der Waals surface area contributed by atoms with Crippen molar-refractivity contribution in [2.24, 2.45) is 17.3 Å². The van der Waals surface area contributed by atoms with Crippen LogP contribution >= 0.6 is 0 Å². The molecule has 12 heavy (non-hydrogen) atoms. The van der Waals surface area contributed by atoms with E-state index >= 15 is 0 Å². The van der Waals surface area contributed by atoms with Crippen LogP contribution < -0.4 is 0 Å². The number of aliphatic hydroxyl groups excluding tert-OH is 1. The van der Waals surface area contributed by atoms with Gasteiger partial charge >= 0.3 is 0 Å². The van der Waals surface area contributed by atoms with Gasteiger partial charge in [-0.05, 0) is 30.6 Å². The molecule has 0 saturated heterocycles. The molecule has 1 aliphatic carbocycles. The molecule has 0 heterocycles. The van der Waals surface area contributed by atoms with Crippen LogP contribution in [0.2, 0.25) is 0 Å². The molecule has 0 fully saturated rings. The summed E-state index contributed by atoms with van der Waals surface area (Å²) >= 11 is 0. The Labute approximate surface area is 75.5 Å². The maximum Gasteiger partial charge on any atom is 0.0470 e. The number of hydrogen-bond acceptors (Lipinski definition) is 1. The van der Waals surface area contributed by atoms with Gasteiger partial charge in [-0.3, -0.25) is 0 Å². The molecule has 0 bridgehead atoms. The predicted octanol–water partition coefficient (Wildman–Crippen LogP) is 2.61. The van der Waals surface area contributed by atoms with Crippen molar-refractivity contribution in [2.75, 3.05) is 6.61 Å². The van der Waals surface area contributed by atoms with Crippen LogP contribution in [0, 0.1) is 17.3 Å². The molecule has 0 unspecified atom stereocenters. The topological polar surface area (TPSA) is 20.2 Å². The molecular weight excluding hydrogens is 148 g/mol. The molecule has 0 aliphatic heterocycles. The van der Waals surface area contributed by atoms with Crippen molar-refractivity contribution in [3.05, 3.63) is 11.6 Å². The summed E-state index contributed by atoms with van der Waals surface area (Å²) in [6.45, 7) is 9.18. The maximum atomic E-state index is 9.29. The quantitative estimate of drug-likeness (QED) is 0.597. The molecule has 0 saturated carbocycles. The highest BCUT2D eigenvalue weighted by molar-refractivity contribution is 5.15. The summed E-state index contributed by atoms with van der Waals surface area (Å²) in [5.41, 5.74) is 1.62. The zero-order valence-corrected chi connectivity index (χ0v) is 8.59. The van der Waals surface area contributed by atoms with Crippen LogP contribution in [0.15, 0.2) is 11.6 Å². The maximum absolute atomic E-state index is 9.29. The Hall–Kier alpha value is -0.300. The minimum atomic E-state index is 0.187. The summed E-state index contributed by atoms with van der Waals surface area (Å²) in [4.78, 5) is 0. The molecule has 1 aliphatic rings. The lowest BCUT2D eigenvalue weighted by molar-refractivity contribution is 0.0878. The minimum absolute atomic E-state index is 0.187.